The van der Waals surface area contributed by atoms with Crippen LogP contribution in [0.2, 0.25) is 0 Å². The number of hydrogen-bond donors (Lipinski definition) is 1. The van der Waals surface area contributed by atoms with Crippen LogP contribution in [0.25, 0.3) is 16.6 Å². The maximum atomic E-state index is 12.9. The lowest BCUT2D eigenvalue weighted by atomic mass is 9.93. The van der Waals surface area contributed by atoms with Gasteiger partial charge in [0.1, 0.15) is 0 Å². The minimum atomic E-state index is 0.0546. The van der Waals surface area contributed by atoms with E-state index in [-0.39, 0.29) is 11.8 Å². The third-order valence-corrected chi connectivity index (χ3v) is 6.39. The second kappa shape index (κ2) is 7.46. The van der Waals surface area contributed by atoms with Crippen molar-refractivity contribution in [3.05, 3.63) is 42.6 Å². The van der Waals surface area contributed by atoms with Crippen molar-refractivity contribution in [1.29, 1.82) is 0 Å². The van der Waals surface area contributed by atoms with Crippen LogP contribution in [0.1, 0.15) is 44.9 Å². The third kappa shape index (κ3) is 3.23. The average Bonchev–Trinajstić information content (AvgIpc) is 3.24. The van der Waals surface area contributed by atoms with Gasteiger partial charge in [-0.1, -0.05) is 31.4 Å². The summed E-state index contributed by atoms with van der Waals surface area (Å²) < 4.78 is 2.21. The molecule has 5 heteroatoms. The van der Waals surface area contributed by atoms with E-state index in [1.807, 2.05) is 6.07 Å². The molecular formula is C23H28N4O. The van der Waals surface area contributed by atoms with Crippen molar-refractivity contribution < 1.29 is 4.79 Å². The monoisotopic (exact) mass is 376 g/mol. The number of nitrogens with zero attached hydrogens (tertiary/aromatic N) is 3. The second-order valence-corrected chi connectivity index (χ2v) is 8.32. The highest BCUT2D eigenvalue weighted by Crippen LogP contribution is 2.29. The fourth-order valence-corrected chi connectivity index (χ4v) is 4.89. The van der Waals surface area contributed by atoms with Crippen LogP contribution in [0.3, 0.4) is 0 Å². The largest absolute Gasteiger partial charge is 0.354 e. The van der Waals surface area contributed by atoms with Gasteiger partial charge in [0.15, 0.2) is 5.82 Å². The molecule has 1 N–H and O–H groups in total. The van der Waals surface area contributed by atoms with Crippen LogP contribution in [0.4, 0.5) is 5.82 Å². The second-order valence-electron chi connectivity index (χ2n) is 8.32. The van der Waals surface area contributed by atoms with Crippen molar-refractivity contribution >= 4 is 28.3 Å². The Bertz CT molecular complexity index is 989. The molecule has 2 aliphatic rings. The minimum Gasteiger partial charge on any atom is -0.354 e. The quantitative estimate of drug-likeness (QED) is 0.747. The lowest BCUT2D eigenvalue weighted by Gasteiger charge is -2.34. The molecule has 1 aliphatic carbocycles. The maximum absolute atomic E-state index is 12.9. The molecule has 1 saturated heterocycles. The first-order valence-electron chi connectivity index (χ1n) is 10.7. The fraction of sp³-hybridized carbons (Fsp3) is 0.478. The van der Waals surface area contributed by atoms with Gasteiger partial charge in [-0.3, -0.25) is 4.79 Å². The van der Waals surface area contributed by atoms with Gasteiger partial charge < -0.3 is 14.6 Å². The van der Waals surface area contributed by atoms with Crippen molar-refractivity contribution in [3.8, 4) is 0 Å². The van der Waals surface area contributed by atoms with Crippen LogP contribution in [0.5, 0.6) is 0 Å². The number of nitrogens with one attached hydrogen (secondary N) is 1. The van der Waals surface area contributed by atoms with Gasteiger partial charge in [0.05, 0.1) is 22.5 Å². The Kier molecular flexibility index (Phi) is 4.67. The van der Waals surface area contributed by atoms with E-state index in [1.165, 1.54) is 19.3 Å². The number of carbonyl (C=O) groups is 1. The highest BCUT2D eigenvalue weighted by Gasteiger charge is 2.29. The molecule has 3 aromatic rings. The molecule has 5 nitrogen and oxygen atoms in total. The number of anilines is 1. The average molecular weight is 377 g/mol. The number of piperidine rings is 1. The summed E-state index contributed by atoms with van der Waals surface area (Å²) in [6.07, 6.45) is 10.2. The zero-order valence-corrected chi connectivity index (χ0v) is 16.3. The molecular weight excluding hydrogens is 348 g/mol. The van der Waals surface area contributed by atoms with Gasteiger partial charge in [0, 0.05) is 25.3 Å². The van der Waals surface area contributed by atoms with E-state index in [4.69, 9.17) is 4.98 Å². The smallest absolute Gasteiger partial charge is 0.225 e. The number of rotatable bonds is 3. The van der Waals surface area contributed by atoms with Crippen molar-refractivity contribution in [2.75, 3.05) is 18.0 Å². The van der Waals surface area contributed by atoms with Crippen LogP contribution in [-0.2, 0) is 4.79 Å². The molecule has 5 rings (SSSR count). The molecule has 0 spiro atoms. The molecule has 0 radical (unpaired) electrons. The summed E-state index contributed by atoms with van der Waals surface area (Å²) in [6, 6.07) is 12.8. The van der Waals surface area contributed by atoms with Crippen LogP contribution in [0, 0.1) is 5.92 Å². The molecule has 2 aromatic heterocycles. The topological polar surface area (TPSA) is 49.6 Å². The van der Waals surface area contributed by atoms with Crippen LogP contribution >= 0.6 is 0 Å². The number of amides is 1. The highest BCUT2D eigenvalue weighted by atomic mass is 16.2. The van der Waals surface area contributed by atoms with E-state index in [9.17, 15) is 4.79 Å². The van der Waals surface area contributed by atoms with Gasteiger partial charge in [-0.15, -0.1) is 0 Å². The van der Waals surface area contributed by atoms with E-state index < -0.39 is 0 Å². The Balaban J connectivity index is 1.40. The standard InChI is InChI=1S/C23H28N4O/c28-23(24-18-9-2-1-3-10-18)17-8-6-14-26(16-17)22-21-13-7-15-27(21)20-12-5-4-11-19(20)25-22/h4-5,7,11-13,15,17-18H,1-3,6,8-10,14,16H2,(H,24,28). The molecule has 1 atom stereocenters. The SMILES string of the molecule is O=C(NC1CCCCC1)C1CCCN(c2nc3ccccc3n3cccc23)C1. The molecule has 1 unspecified atom stereocenters. The summed E-state index contributed by atoms with van der Waals surface area (Å²) in [4.78, 5) is 20.2. The summed E-state index contributed by atoms with van der Waals surface area (Å²) in [5, 5.41) is 3.33. The highest BCUT2D eigenvalue weighted by molar-refractivity contribution is 5.86. The molecule has 2 fully saturated rings. The third-order valence-electron chi connectivity index (χ3n) is 6.39. The lowest BCUT2D eigenvalue weighted by Crippen LogP contribution is -2.46. The Morgan fingerprint density at radius 1 is 0.964 bits per heavy atom. The van der Waals surface area contributed by atoms with Gasteiger partial charge in [-0.25, -0.2) is 4.98 Å². The molecule has 146 valence electrons. The maximum Gasteiger partial charge on any atom is 0.225 e. The number of fused-ring (bicyclic) bond motifs is 3. The summed E-state index contributed by atoms with van der Waals surface area (Å²) in [6.45, 7) is 1.71. The van der Waals surface area contributed by atoms with Gasteiger partial charge >= 0.3 is 0 Å². The molecule has 1 saturated carbocycles. The zero-order valence-electron chi connectivity index (χ0n) is 16.3. The zero-order chi connectivity index (χ0) is 18.9. The van der Waals surface area contributed by atoms with E-state index in [0.717, 1.165) is 61.1 Å². The van der Waals surface area contributed by atoms with Crippen molar-refractivity contribution in [2.45, 2.75) is 51.0 Å². The predicted octanol–water partition coefficient (Wildman–Crippen LogP) is 4.15. The predicted molar refractivity (Wildman–Crippen MR) is 113 cm³/mol. The molecule has 28 heavy (non-hydrogen) atoms. The first-order chi connectivity index (χ1) is 13.8. The number of carbonyl (C=O) groups excluding carboxylic acids is 1. The van der Waals surface area contributed by atoms with Crippen LogP contribution in [-0.4, -0.2) is 34.4 Å². The summed E-state index contributed by atoms with van der Waals surface area (Å²) in [7, 11) is 0. The van der Waals surface area contributed by atoms with Gasteiger partial charge in [-0.2, -0.15) is 0 Å². The van der Waals surface area contributed by atoms with Gasteiger partial charge in [0.25, 0.3) is 0 Å². The Labute approximate surface area is 165 Å². The molecule has 1 aliphatic heterocycles. The molecule has 1 amide bonds. The van der Waals surface area contributed by atoms with Crippen molar-refractivity contribution in [1.82, 2.24) is 14.7 Å². The van der Waals surface area contributed by atoms with Crippen molar-refractivity contribution in [3.63, 3.8) is 0 Å². The van der Waals surface area contributed by atoms with E-state index in [1.54, 1.807) is 0 Å². The first kappa shape index (κ1) is 17.5. The summed E-state index contributed by atoms with van der Waals surface area (Å²) in [5.41, 5.74) is 3.23. The lowest BCUT2D eigenvalue weighted by molar-refractivity contribution is -0.126. The van der Waals surface area contributed by atoms with E-state index >= 15 is 0 Å². The molecule has 3 heterocycles. The normalized spacial score (nSPS) is 21.3. The van der Waals surface area contributed by atoms with Crippen LogP contribution in [0.15, 0.2) is 42.6 Å². The Morgan fingerprint density at radius 3 is 2.68 bits per heavy atom. The van der Waals surface area contributed by atoms with E-state index in [0.29, 0.717) is 6.04 Å². The molecule has 1 aromatic carbocycles. The fourth-order valence-electron chi connectivity index (χ4n) is 4.89. The summed E-state index contributed by atoms with van der Waals surface area (Å²) >= 11 is 0. The van der Waals surface area contributed by atoms with Crippen molar-refractivity contribution in [2.24, 2.45) is 5.92 Å². The van der Waals surface area contributed by atoms with E-state index in [2.05, 4.69) is 51.1 Å². The summed E-state index contributed by atoms with van der Waals surface area (Å²) in [5.74, 6) is 1.29. The Hall–Kier alpha value is -2.56. The van der Waals surface area contributed by atoms with Crippen LogP contribution < -0.4 is 10.2 Å². The number of aromatic nitrogens is 2. The number of para-hydroxylation sites is 2. The molecule has 0 bridgehead atoms. The van der Waals surface area contributed by atoms with Gasteiger partial charge in [-0.05, 0) is 49.9 Å². The minimum absolute atomic E-state index is 0.0546. The number of hydrogen-bond acceptors (Lipinski definition) is 3. The van der Waals surface area contributed by atoms with Gasteiger partial charge in [0.2, 0.25) is 5.91 Å². The number of benzene rings is 1. The first-order valence-corrected chi connectivity index (χ1v) is 10.7. The Morgan fingerprint density at radius 2 is 1.79 bits per heavy atom.